The fourth-order valence-electron chi connectivity index (χ4n) is 3.42. The monoisotopic (exact) mass is 285 g/mol. The van der Waals surface area contributed by atoms with Crippen LogP contribution in [0.5, 0.6) is 0 Å². The van der Waals surface area contributed by atoms with Gasteiger partial charge in [0.15, 0.2) is 0 Å². The summed E-state index contributed by atoms with van der Waals surface area (Å²) in [6.07, 6.45) is 1.84. The van der Waals surface area contributed by atoms with Crippen LogP contribution >= 0.6 is 0 Å². The molecule has 1 aromatic heterocycles. The third-order valence-corrected chi connectivity index (χ3v) is 4.53. The van der Waals surface area contributed by atoms with E-state index in [0.717, 1.165) is 18.6 Å². The highest BCUT2D eigenvalue weighted by molar-refractivity contribution is 5.79. The summed E-state index contributed by atoms with van der Waals surface area (Å²) in [6, 6.07) is 11.0. The Labute approximate surface area is 128 Å². The van der Waals surface area contributed by atoms with Gasteiger partial charge in [0.05, 0.1) is 5.52 Å². The lowest BCUT2D eigenvalue weighted by atomic mass is 9.86. The number of nitrogens with zero attached hydrogens (tertiary/aromatic N) is 2. The summed E-state index contributed by atoms with van der Waals surface area (Å²) in [4.78, 5) is 6.91. The highest BCUT2D eigenvalue weighted by Gasteiger charge is 2.34. The van der Waals surface area contributed by atoms with Crippen LogP contribution in [0.4, 0.5) is 0 Å². The van der Waals surface area contributed by atoms with Gasteiger partial charge in [0.2, 0.25) is 0 Å². The molecule has 21 heavy (non-hydrogen) atoms. The van der Waals surface area contributed by atoms with Crippen LogP contribution in [-0.2, 0) is 0 Å². The van der Waals surface area contributed by atoms with Crippen molar-refractivity contribution in [2.45, 2.75) is 39.3 Å². The molecule has 3 heteroatoms. The van der Waals surface area contributed by atoms with Crippen molar-refractivity contribution >= 4 is 10.9 Å². The standard InChI is InChI=1S/C18H27N3/c1-6-21(7-2)18(3,4)17(19-5)15-10-11-16-14(13-15)9-8-12-20-16/h8-13,17,19H,6-7H2,1-5H3. The largest absolute Gasteiger partial charge is 0.311 e. The number of hydrogen-bond acceptors (Lipinski definition) is 3. The van der Waals surface area contributed by atoms with Crippen LogP contribution in [0.3, 0.4) is 0 Å². The van der Waals surface area contributed by atoms with Crippen LogP contribution < -0.4 is 5.32 Å². The van der Waals surface area contributed by atoms with Gasteiger partial charge in [-0.15, -0.1) is 0 Å². The molecule has 1 unspecified atom stereocenters. The molecule has 0 saturated carbocycles. The highest BCUT2D eigenvalue weighted by atomic mass is 15.2. The topological polar surface area (TPSA) is 28.2 Å². The number of pyridine rings is 1. The minimum absolute atomic E-state index is 0.0497. The Hall–Kier alpha value is -1.45. The van der Waals surface area contributed by atoms with E-state index < -0.39 is 0 Å². The minimum atomic E-state index is 0.0497. The number of nitrogens with one attached hydrogen (secondary N) is 1. The highest BCUT2D eigenvalue weighted by Crippen LogP contribution is 2.32. The van der Waals surface area contributed by atoms with Crippen LogP contribution in [0.15, 0.2) is 36.5 Å². The van der Waals surface area contributed by atoms with Crippen LogP contribution in [-0.4, -0.2) is 35.6 Å². The summed E-state index contributed by atoms with van der Waals surface area (Å²) < 4.78 is 0. The van der Waals surface area contributed by atoms with Crippen molar-refractivity contribution in [2.24, 2.45) is 0 Å². The Morgan fingerprint density at radius 3 is 2.52 bits per heavy atom. The van der Waals surface area contributed by atoms with Crippen molar-refractivity contribution in [3.8, 4) is 0 Å². The molecule has 3 nitrogen and oxygen atoms in total. The maximum Gasteiger partial charge on any atom is 0.0702 e. The zero-order chi connectivity index (χ0) is 15.5. The average molecular weight is 285 g/mol. The van der Waals surface area contributed by atoms with Crippen molar-refractivity contribution in [3.05, 3.63) is 42.1 Å². The normalized spacial score (nSPS) is 13.8. The van der Waals surface area contributed by atoms with Crippen LogP contribution in [0.2, 0.25) is 0 Å². The number of benzene rings is 1. The van der Waals surface area contributed by atoms with Gasteiger partial charge in [-0.2, -0.15) is 0 Å². The lowest BCUT2D eigenvalue weighted by molar-refractivity contribution is 0.0945. The van der Waals surface area contributed by atoms with Gasteiger partial charge in [0.25, 0.3) is 0 Å². The first-order valence-corrected chi connectivity index (χ1v) is 7.81. The summed E-state index contributed by atoms with van der Waals surface area (Å²) in [7, 11) is 2.04. The average Bonchev–Trinajstić information content (AvgIpc) is 2.48. The molecule has 1 atom stereocenters. The van der Waals surface area contributed by atoms with Crippen molar-refractivity contribution in [2.75, 3.05) is 20.1 Å². The number of likely N-dealkylation sites (N-methyl/N-ethyl adjacent to an activating group) is 2. The molecule has 1 N–H and O–H groups in total. The molecule has 2 aromatic rings. The molecule has 0 bridgehead atoms. The molecule has 0 saturated heterocycles. The lowest BCUT2D eigenvalue weighted by Gasteiger charge is -2.43. The Morgan fingerprint density at radius 1 is 1.19 bits per heavy atom. The molecule has 0 amide bonds. The minimum Gasteiger partial charge on any atom is -0.311 e. The molecular weight excluding hydrogens is 258 g/mol. The van der Waals surface area contributed by atoms with E-state index in [-0.39, 0.29) is 11.6 Å². The number of fused-ring (bicyclic) bond motifs is 1. The Kier molecular flexibility index (Phi) is 4.96. The Morgan fingerprint density at radius 2 is 1.90 bits per heavy atom. The van der Waals surface area contributed by atoms with Gasteiger partial charge in [0.1, 0.15) is 0 Å². The van der Waals surface area contributed by atoms with Gasteiger partial charge >= 0.3 is 0 Å². The summed E-state index contributed by atoms with van der Waals surface area (Å²) in [6.45, 7) is 11.2. The first kappa shape index (κ1) is 15.9. The van der Waals surface area contributed by atoms with E-state index in [1.165, 1.54) is 10.9 Å². The fraction of sp³-hybridized carbons (Fsp3) is 0.500. The number of rotatable bonds is 6. The summed E-state index contributed by atoms with van der Waals surface area (Å²) in [5.74, 6) is 0. The molecule has 0 aliphatic heterocycles. The van der Waals surface area contributed by atoms with Crippen molar-refractivity contribution in [3.63, 3.8) is 0 Å². The van der Waals surface area contributed by atoms with Gasteiger partial charge < -0.3 is 5.32 Å². The molecule has 0 aliphatic carbocycles. The van der Waals surface area contributed by atoms with E-state index in [0.29, 0.717) is 0 Å². The quantitative estimate of drug-likeness (QED) is 0.878. The van der Waals surface area contributed by atoms with Gasteiger partial charge in [-0.05, 0) is 57.7 Å². The smallest absolute Gasteiger partial charge is 0.0702 e. The molecule has 2 rings (SSSR count). The van der Waals surface area contributed by atoms with Crippen molar-refractivity contribution in [1.82, 2.24) is 15.2 Å². The van der Waals surface area contributed by atoms with Crippen LogP contribution in [0.1, 0.15) is 39.3 Å². The third-order valence-electron chi connectivity index (χ3n) is 4.53. The van der Waals surface area contributed by atoms with Crippen molar-refractivity contribution < 1.29 is 0 Å². The molecule has 0 aliphatic rings. The van der Waals surface area contributed by atoms with E-state index in [1.54, 1.807) is 0 Å². The molecule has 1 heterocycles. The molecule has 1 aromatic carbocycles. The maximum absolute atomic E-state index is 4.41. The zero-order valence-corrected chi connectivity index (χ0v) is 13.9. The van der Waals surface area contributed by atoms with Gasteiger partial charge in [-0.3, -0.25) is 9.88 Å². The second-order valence-electron chi connectivity index (χ2n) is 6.00. The zero-order valence-electron chi connectivity index (χ0n) is 13.9. The number of aromatic nitrogens is 1. The second-order valence-corrected chi connectivity index (χ2v) is 6.00. The van der Waals surface area contributed by atoms with Gasteiger partial charge in [-0.1, -0.05) is 26.0 Å². The van der Waals surface area contributed by atoms with Crippen molar-refractivity contribution in [1.29, 1.82) is 0 Å². The number of hydrogen-bond donors (Lipinski definition) is 1. The summed E-state index contributed by atoms with van der Waals surface area (Å²) in [5, 5.41) is 4.71. The predicted molar refractivity (Wildman–Crippen MR) is 90.5 cm³/mol. The van der Waals surface area contributed by atoms with E-state index in [1.807, 2.05) is 19.3 Å². The lowest BCUT2D eigenvalue weighted by Crippen LogP contribution is -2.51. The van der Waals surface area contributed by atoms with E-state index >= 15 is 0 Å². The molecule has 114 valence electrons. The molecule has 0 radical (unpaired) electrons. The van der Waals surface area contributed by atoms with E-state index in [4.69, 9.17) is 0 Å². The van der Waals surface area contributed by atoms with E-state index in [2.05, 4.69) is 67.2 Å². The summed E-state index contributed by atoms with van der Waals surface area (Å²) >= 11 is 0. The Bertz CT molecular complexity index is 588. The van der Waals surface area contributed by atoms with Crippen LogP contribution in [0.25, 0.3) is 10.9 Å². The van der Waals surface area contributed by atoms with Gasteiger partial charge in [0, 0.05) is 23.2 Å². The molecule has 0 fully saturated rings. The SMILES string of the molecule is CCN(CC)C(C)(C)C(NC)c1ccc2ncccc2c1. The first-order chi connectivity index (χ1) is 10.0. The third kappa shape index (κ3) is 3.09. The molecule has 0 spiro atoms. The van der Waals surface area contributed by atoms with Crippen LogP contribution in [0, 0.1) is 0 Å². The van der Waals surface area contributed by atoms with E-state index in [9.17, 15) is 0 Å². The Balaban J connectivity index is 2.43. The fourth-order valence-corrected chi connectivity index (χ4v) is 3.42. The predicted octanol–water partition coefficient (Wildman–Crippen LogP) is 3.62. The second kappa shape index (κ2) is 6.54. The molecular formula is C18H27N3. The maximum atomic E-state index is 4.41. The first-order valence-electron chi connectivity index (χ1n) is 7.81. The summed E-state index contributed by atoms with van der Waals surface area (Å²) in [5.41, 5.74) is 2.42. The van der Waals surface area contributed by atoms with Gasteiger partial charge in [-0.25, -0.2) is 0 Å².